The first-order valence-electron chi connectivity index (χ1n) is 9.47. The monoisotopic (exact) mass is 396 g/mol. The number of rotatable bonds is 4. The average molecular weight is 397 g/mol. The van der Waals surface area contributed by atoms with Crippen molar-refractivity contribution < 1.29 is 4.55 Å². The molecule has 5 heteroatoms. The molecule has 0 spiro atoms. The van der Waals surface area contributed by atoms with Gasteiger partial charge < -0.3 is 9.12 Å². The van der Waals surface area contributed by atoms with Crippen molar-refractivity contribution in [1.29, 1.82) is 0 Å². The van der Waals surface area contributed by atoms with E-state index in [1.165, 1.54) is 0 Å². The standard InChI is InChI=1S/C23H28N2O2S/c1-15-12-18(16(2)24-28(27)23(3,4)5)19-14-21(17-10-8-7-9-11-17)25(6)22(26)20(19)13-15/h7-14,16,24H,1-6H3. The minimum Gasteiger partial charge on any atom is -0.598 e. The predicted molar refractivity (Wildman–Crippen MR) is 119 cm³/mol. The third-order valence-corrected chi connectivity index (χ3v) is 6.59. The van der Waals surface area contributed by atoms with Crippen molar-refractivity contribution in [3.05, 3.63) is 70.0 Å². The SMILES string of the molecule is Cc1cc(C(C)N[S+]([O-])C(C)(C)C)c2cc(-c3ccccc3)n(C)c(=O)c2c1. The van der Waals surface area contributed by atoms with Gasteiger partial charge in [-0.25, -0.2) is 0 Å². The molecule has 0 radical (unpaired) electrons. The van der Waals surface area contributed by atoms with Crippen molar-refractivity contribution >= 4 is 22.1 Å². The molecule has 3 aromatic rings. The van der Waals surface area contributed by atoms with Gasteiger partial charge in [-0.3, -0.25) is 4.79 Å². The second kappa shape index (κ2) is 7.74. The first-order valence-corrected chi connectivity index (χ1v) is 10.6. The molecule has 1 N–H and O–H groups in total. The van der Waals surface area contributed by atoms with Gasteiger partial charge in [0, 0.05) is 23.8 Å². The van der Waals surface area contributed by atoms with E-state index in [0.717, 1.165) is 27.8 Å². The summed E-state index contributed by atoms with van der Waals surface area (Å²) < 4.78 is 17.2. The minimum absolute atomic E-state index is 0.0227. The summed E-state index contributed by atoms with van der Waals surface area (Å²) in [5.41, 5.74) is 3.84. The molecule has 0 amide bonds. The summed E-state index contributed by atoms with van der Waals surface area (Å²) in [6.07, 6.45) is 0. The highest BCUT2D eigenvalue weighted by Crippen LogP contribution is 2.29. The van der Waals surface area contributed by atoms with Crippen LogP contribution in [0.1, 0.15) is 44.9 Å². The van der Waals surface area contributed by atoms with Gasteiger partial charge in [0.1, 0.15) is 4.75 Å². The van der Waals surface area contributed by atoms with Gasteiger partial charge in [-0.15, -0.1) is 4.72 Å². The zero-order valence-corrected chi connectivity index (χ0v) is 18.2. The van der Waals surface area contributed by atoms with Crippen LogP contribution in [0.25, 0.3) is 22.0 Å². The van der Waals surface area contributed by atoms with E-state index in [-0.39, 0.29) is 16.3 Å². The molecule has 0 aliphatic rings. The third kappa shape index (κ3) is 4.02. The van der Waals surface area contributed by atoms with E-state index in [0.29, 0.717) is 5.39 Å². The Balaban J connectivity index is 2.21. The number of aryl methyl sites for hydroxylation is 1. The van der Waals surface area contributed by atoms with Crippen molar-refractivity contribution in [1.82, 2.24) is 9.29 Å². The van der Waals surface area contributed by atoms with Gasteiger partial charge in [-0.05, 0) is 68.8 Å². The van der Waals surface area contributed by atoms with E-state index in [1.54, 1.807) is 4.57 Å². The smallest absolute Gasteiger partial charge is 0.258 e. The lowest BCUT2D eigenvalue weighted by molar-refractivity contribution is 0.532. The fourth-order valence-corrected chi connectivity index (χ4v) is 4.13. The zero-order chi connectivity index (χ0) is 20.6. The Morgan fingerprint density at radius 3 is 2.32 bits per heavy atom. The van der Waals surface area contributed by atoms with E-state index >= 15 is 0 Å². The molecule has 3 rings (SSSR count). The normalized spacial score (nSPS) is 14.2. The van der Waals surface area contributed by atoms with Gasteiger partial charge in [0.2, 0.25) is 0 Å². The number of benzene rings is 2. The summed E-state index contributed by atoms with van der Waals surface area (Å²) in [6.45, 7) is 9.82. The molecule has 2 aromatic carbocycles. The molecular weight excluding hydrogens is 368 g/mol. The number of nitrogens with zero attached hydrogens (tertiary/aromatic N) is 1. The summed E-state index contributed by atoms with van der Waals surface area (Å²) >= 11 is -1.20. The molecule has 0 aliphatic heterocycles. The Hall–Kier alpha value is -2.08. The Bertz CT molecular complexity index is 1050. The molecule has 1 heterocycles. The van der Waals surface area contributed by atoms with E-state index in [4.69, 9.17) is 0 Å². The van der Waals surface area contributed by atoms with Crippen molar-refractivity contribution in [3.63, 3.8) is 0 Å². The highest BCUT2D eigenvalue weighted by atomic mass is 32.2. The highest BCUT2D eigenvalue weighted by Gasteiger charge is 2.29. The molecule has 0 bridgehead atoms. The first-order chi connectivity index (χ1) is 13.1. The molecule has 0 saturated heterocycles. The summed E-state index contributed by atoms with van der Waals surface area (Å²) in [5, 5.41) is 1.59. The average Bonchev–Trinajstić information content (AvgIpc) is 2.64. The Morgan fingerprint density at radius 2 is 1.71 bits per heavy atom. The van der Waals surface area contributed by atoms with Crippen LogP contribution in [-0.4, -0.2) is 13.9 Å². The van der Waals surface area contributed by atoms with Crippen molar-refractivity contribution in [2.24, 2.45) is 7.05 Å². The van der Waals surface area contributed by atoms with E-state index in [2.05, 4.69) is 16.9 Å². The fourth-order valence-electron chi connectivity index (χ4n) is 3.33. The van der Waals surface area contributed by atoms with Crippen molar-refractivity contribution in [2.45, 2.75) is 45.4 Å². The highest BCUT2D eigenvalue weighted by molar-refractivity contribution is 7.90. The van der Waals surface area contributed by atoms with Crippen LogP contribution < -0.4 is 10.3 Å². The molecule has 148 valence electrons. The van der Waals surface area contributed by atoms with Gasteiger partial charge >= 0.3 is 0 Å². The van der Waals surface area contributed by atoms with Gasteiger partial charge in [-0.2, -0.15) is 0 Å². The molecular formula is C23H28N2O2S. The molecule has 2 atom stereocenters. The quantitative estimate of drug-likeness (QED) is 0.654. The Morgan fingerprint density at radius 1 is 1.07 bits per heavy atom. The molecule has 1 aromatic heterocycles. The maximum absolute atomic E-state index is 13.1. The lowest BCUT2D eigenvalue weighted by Gasteiger charge is -2.27. The molecule has 4 nitrogen and oxygen atoms in total. The Kier molecular flexibility index (Phi) is 5.71. The second-order valence-electron chi connectivity index (χ2n) is 8.30. The van der Waals surface area contributed by atoms with Crippen LogP contribution in [0.15, 0.2) is 53.3 Å². The number of nitrogens with one attached hydrogen (secondary N) is 1. The van der Waals surface area contributed by atoms with Crippen LogP contribution in [0.4, 0.5) is 0 Å². The topological polar surface area (TPSA) is 57.1 Å². The fraction of sp³-hybridized carbons (Fsp3) is 0.348. The van der Waals surface area contributed by atoms with Crippen LogP contribution in [0.3, 0.4) is 0 Å². The molecule has 0 aliphatic carbocycles. The third-order valence-electron chi connectivity index (χ3n) is 4.91. The molecule has 0 saturated carbocycles. The van der Waals surface area contributed by atoms with E-state index in [9.17, 15) is 9.35 Å². The summed E-state index contributed by atoms with van der Waals surface area (Å²) in [6, 6.07) is 15.8. The molecule has 28 heavy (non-hydrogen) atoms. The summed E-state index contributed by atoms with van der Waals surface area (Å²) in [5.74, 6) is 0. The van der Waals surface area contributed by atoms with E-state index < -0.39 is 11.4 Å². The first kappa shape index (κ1) is 20.6. The van der Waals surface area contributed by atoms with Crippen LogP contribution in [0.2, 0.25) is 0 Å². The lowest BCUT2D eigenvalue weighted by atomic mass is 9.96. The van der Waals surface area contributed by atoms with Crippen LogP contribution in [-0.2, 0) is 18.4 Å². The number of hydrogen-bond acceptors (Lipinski definition) is 3. The predicted octanol–water partition coefficient (Wildman–Crippen LogP) is 4.63. The number of hydrogen-bond donors (Lipinski definition) is 1. The lowest BCUT2D eigenvalue weighted by Crippen LogP contribution is -2.40. The van der Waals surface area contributed by atoms with Gasteiger partial charge in [0.25, 0.3) is 5.56 Å². The van der Waals surface area contributed by atoms with Gasteiger partial charge in [0.05, 0.1) is 11.7 Å². The van der Waals surface area contributed by atoms with E-state index in [1.807, 2.05) is 78.1 Å². The van der Waals surface area contributed by atoms with Gasteiger partial charge in [0.15, 0.2) is 0 Å². The number of aromatic nitrogens is 1. The zero-order valence-electron chi connectivity index (χ0n) is 17.4. The maximum Gasteiger partial charge on any atom is 0.258 e. The summed E-state index contributed by atoms with van der Waals surface area (Å²) in [4.78, 5) is 13.1. The second-order valence-corrected chi connectivity index (χ2v) is 10.3. The Labute approximate surface area is 169 Å². The summed E-state index contributed by atoms with van der Waals surface area (Å²) in [7, 11) is 1.81. The minimum atomic E-state index is -1.20. The largest absolute Gasteiger partial charge is 0.598 e. The van der Waals surface area contributed by atoms with Crippen molar-refractivity contribution in [2.75, 3.05) is 0 Å². The van der Waals surface area contributed by atoms with Crippen LogP contribution >= 0.6 is 0 Å². The van der Waals surface area contributed by atoms with Crippen LogP contribution in [0, 0.1) is 6.92 Å². The maximum atomic E-state index is 13.1. The van der Waals surface area contributed by atoms with Crippen LogP contribution in [0.5, 0.6) is 0 Å². The van der Waals surface area contributed by atoms with Gasteiger partial charge in [-0.1, -0.05) is 36.4 Å². The number of pyridine rings is 1. The number of fused-ring (bicyclic) bond motifs is 1. The molecule has 0 fully saturated rings. The van der Waals surface area contributed by atoms with Crippen molar-refractivity contribution in [3.8, 4) is 11.3 Å². The molecule has 2 unspecified atom stereocenters.